The molecule has 0 fully saturated rings. The fourth-order valence-electron chi connectivity index (χ4n) is 2.70. The minimum atomic E-state index is -0.485. The number of nitrogens with zero attached hydrogens (tertiary/aromatic N) is 6. The third-order valence-electron chi connectivity index (χ3n) is 3.94. The van der Waals surface area contributed by atoms with E-state index in [4.69, 9.17) is 14.9 Å². The molecular formula is C16H13N7O4. The number of nitro groups is 1. The maximum Gasteiger partial charge on any atom is 0.273 e. The van der Waals surface area contributed by atoms with Gasteiger partial charge in [0.05, 0.1) is 30.9 Å². The molecule has 0 saturated carbocycles. The van der Waals surface area contributed by atoms with Crippen molar-refractivity contribution in [3.63, 3.8) is 0 Å². The Morgan fingerprint density at radius 3 is 2.89 bits per heavy atom. The Balaban J connectivity index is 1.79. The fourth-order valence-corrected chi connectivity index (χ4v) is 2.70. The first-order valence-electron chi connectivity index (χ1n) is 7.78. The molecule has 0 aliphatic heterocycles. The summed E-state index contributed by atoms with van der Waals surface area (Å²) in [5, 5.41) is 19.2. The number of hydrogen-bond acceptors (Lipinski definition) is 9. The third kappa shape index (κ3) is 2.90. The number of furan rings is 1. The van der Waals surface area contributed by atoms with E-state index in [0.29, 0.717) is 33.9 Å². The number of nitro benzene ring substituents is 1. The lowest BCUT2D eigenvalue weighted by Gasteiger charge is -2.08. The lowest BCUT2D eigenvalue weighted by Crippen LogP contribution is -2.06. The Labute approximate surface area is 151 Å². The number of non-ortho nitro benzene ring substituents is 1. The third-order valence-corrected chi connectivity index (χ3v) is 3.94. The van der Waals surface area contributed by atoms with Gasteiger partial charge in [0.15, 0.2) is 16.9 Å². The number of hydrogen-bond donors (Lipinski definition) is 1. The summed E-state index contributed by atoms with van der Waals surface area (Å²) in [6.07, 6.45) is 1.52. The van der Waals surface area contributed by atoms with E-state index in [-0.39, 0.29) is 18.2 Å². The predicted molar refractivity (Wildman–Crippen MR) is 94.0 cm³/mol. The van der Waals surface area contributed by atoms with Crippen LogP contribution in [0.15, 0.2) is 41.0 Å². The van der Waals surface area contributed by atoms with Crippen LogP contribution in [0, 0.1) is 10.1 Å². The summed E-state index contributed by atoms with van der Waals surface area (Å²) in [6, 6.07) is 7.81. The summed E-state index contributed by atoms with van der Waals surface area (Å²) in [7, 11) is 1.44. The molecule has 27 heavy (non-hydrogen) atoms. The Morgan fingerprint density at radius 2 is 2.19 bits per heavy atom. The second-order valence-electron chi connectivity index (χ2n) is 5.58. The highest BCUT2D eigenvalue weighted by Gasteiger charge is 2.19. The summed E-state index contributed by atoms with van der Waals surface area (Å²) in [5.41, 5.74) is 7.71. The van der Waals surface area contributed by atoms with E-state index in [1.165, 1.54) is 30.2 Å². The van der Waals surface area contributed by atoms with Gasteiger partial charge in [0.25, 0.3) is 5.69 Å². The molecular weight excluding hydrogens is 354 g/mol. The van der Waals surface area contributed by atoms with Crippen molar-refractivity contribution in [3.8, 4) is 17.2 Å². The van der Waals surface area contributed by atoms with Gasteiger partial charge in [0.2, 0.25) is 5.95 Å². The van der Waals surface area contributed by atoms with Crippen LogP contribution in [0.2, 0.25) is 0 Å². The van der Waals surface area contributed by atoms with Crippen LogP contribution in [0.25, 0.3) is 22.6 Å². The van der Waals surface area contributed by atoms with Gasteiger partial charge in [-0.25, -0.2) is 9.67 Å². The second kappa shape index (κ2) is 6.37. The molecule has 3 heterocycles. The van der Waals surface area contributed by atoms with Gasteiger partial charge in [0, 0.05) is 11.6 Å². The van der Waals surface area contributed by atoms with Crippen molar-refractivity contribution in [2.45, 2.75) is 6.54 Å². The average Bonchev–Trinajstić information content (AvgIpc) is 3.32. The molecule has 0 aliphatic carbocycles. The summed E-state index contributed by atoms with van der Waals surface area (Å²) >= 11 is 0. The highest BCUT2D eigenvalue weighted by atomic mass is 16.6. The van der Waals surface area contributed by atoms with E-state index >= 15 is 0 Å². The maximum absolute atomic E-state index is 10.9. The lowest BCUT2D eigenvalue weighted by molar-refractivity contribution is -0.384. The highest BCUT2D eigenvalue weighted by molar-refractivity contribution is 5.85. The Kier molecular flexibility index (Phi) is 3.88. The monoisotopic (exact) mass is 367 g/mol. The van der Waals surface area contributed by atoms with Crippen LogP contribution in [-0.4, -0.2) is 37.0 Å². The number of benzene rings is 1. The summed E-state index contributed by atoms with van der Waals surface area (Å²) < 4.78 is 12.2. The molecule has 1 aromatic carbocycles. The fraction of sp³-hybridized carbons (Fsp3) is 0.125. The van der Waals surface area contributed by atoms with E-state index in [1.54, 1.807) is 18.2 Å². The van der Waals surface area contributed by atoms with Crippen LogP contribution in [-0.2, 0) is 6.54 Å². The molecule has 4 aromatic rings. The molecule has 4 rings (SSSR count). The largest absolute Gasteiger partial charge is 0.496 e. The Morgan fingerprint density at radius 1 is 1.33 bits per heavy atom. The summed E-state index contributed by atoms with van der Waals surface area (Å²) in [6.45, 7) is 0.228. The molecule has 2 N–H and O–H groups in total. The van der Waals surface area contributed by atoms with Gasteiger partial charge in [-0.1, -0.05) is 5.21 Å². The van der Waals surface area contributed by atoms with E-state index < -0.39 is 4.92 Å². The normalized spacial score (nSPS) is 11.0. The van der Waals surface area contributed by atoms with Gasteiger partial charge in [-0.2, -0.15) is 4.98 Å². The smallest absolute Gasteiger partial charge is 0.273 e. The first-order valence-corrected chi connectivity index (χ1v) is 7.78. The van der Waals surface area contributed by atoms with Crippen LogP contribution in [0.3, 0.4) is 0 Å². The van der Waals surface area contributed by atoms with Gasteiger partial charge in [-0.3, -0.25) is 10.1 Å². The molecule has 0 radical (unpaired) electrons. The van der Waals surface area contributed by atoms with Crippen molar-refractivity contribution in [2.75, 3.05) is 12.8 Å². The van der Waals surface area contributed by atoms with Crippen molar-refractivity contribution in [3.05, 3.63) is 52.3 Å². The number of methoxy groups -OCH3 is 1. The predicted octanol–water partition coefficient (Wildman–Crippen LogP) is 2.03. The SMILES string of the molecule is COc1cc([N+](=O)[O-])ccc1Cn1nnc2c(-c3ccco3)nc(N)nc21. The summed E-state index contributed by atoms with van der Waals surface area (Å²) in [5.74, 6) is 0.906. The zero-order valence-electron chi connectivity index (χ0n) is 14.1. The lowest BCUT2D eigenvalue weighted by atomic mass is 10.2. The van der Waals surface area contributed by atoms with E-state index in [2.05, 4.69) is 20.3 Å². The van der Waals surface area contributed by atoms with Crippen molar-refractivity contribution >= 4 is 22.8 Å². The second-order valence-corrected chi connectivity index (χ2v) is 5.58. The topological polar surface area (TPSA) is 148 Å². The zero-order valence-corrected chi connectivity index (χ0v) is 14.1. The molecule has 11 nitrogen and oxygen atoms in total. The van der Waals surface area contributed by atoms with Gasteiger partial charge >= 0.3 is 0 Å². The standard InChI is InChI=1S/C16H13N7O4/c1-26-12-7-10(23(24)25)5-4-9(12)8-22-15-14(20-21-22)13(18-16(17)19-15)11-3-2-6-27-11/h2-7H,8H2,1H3,(H2,17,18,19). The van der Waals surface area contributed by atoms with Crippen LogP contribution in [0.1, 0.15) is 5.56 Å². The first kappa shape index (κ1) is 16.4. The van der Waals surface area contributed by atoms with Gasteiger partial charge in [0.1, 0.15) is 11.4 Å². The minimum absolute atomic E-state index is 0.0492. The van der Waals surface area contributed by atoms with Crippen molar-refractivity contribution in [1.29, 1.82) is 0 Å². The molecule has 0 bridgehead atoms. The number of aromatic nitrogens is 5. The highest BCUT2D eigenvalue weighted by Crippen LogP contribution is 2.28. The van der Waals surface area contributed by atoms with Gasteiger partial charge in [-0.15, -0.1) is 5.10 Å². The molecule has 136 valence electrons. The number of nitrogen functional groups attached to an aromatic ring is 1. The maximum atomic E-state index is 10.9. The van der Waals surface area contributed by atoms with Crippen molar-refractivity contribution < 1.29 is 14.1 Å². The van der Waals surface area contributed by atoms with Crippen molar-refractivity contribution in [2.24, 2.45) is 0 Å². The van der Waals surface area contributed by atoms with Crippen LogP contribution in [0.4, 0.5) is 11.6 Å². The quantitative estimate of drug-likeness (QED) is 0.413. The molecule has 0 aliphatic rings. The minimum Gasteiger partial charge on any atom is -0.496 e. The molecule has 11 heteroatoms. The number of anilines is 1. The van der Waals surface area contributed by atoms with E-state index in [0.717, 1.165) is 0 Å². The number of fused-ring (bicyclic) bond motifs is 1. The Hall–Kier alpha value is -4.02. The van der Waals surface area contributed by atoms with Crippen LogP contribution >= 0.6 is 0 Å². The zero-order chi connectivity index (χ0) is 19.0. The molecule has 0 amide bonds. The van der Waals surface area contributed by atoms with Crippen LogP contribution < -0.4 is 10.5 Å². The number of nitrogens with two attached hydrogens (primary N) is 1. The van der Waals surface area contributed by atoms with Crippen LogP contribution in [0.5, 0.6) is 5.75 Å². The molecule has 0 spiro atoms. The van der Waals surface area contributed by atoms with E-state index in [9.17, 15) is 10.1 Å². The van der Waals surface area contributed by atoms with Gasteiger partial charge < -0.3 is 14.9 Å². The number of rotatable bonds is 5. The summed E-state index contributed by atoms with van der Waals surface area (Å²) in [4.78, 5) is 18.9. The Bertz CT molecular complexity index is 1140. The average molecular weight is 367 g/mol. The van der Waals surface area contributed by atoms with Gasteiger partial charge in [-0.05, 0) is 18.2 Å². The van der Waals surface area contributed by atoms with Crippen molar-refractivity contribution in [1.82, 2.24) is 25.0 Å². The molecule has 0 saturated heterocycles. The first-order chi connectivity index (χ1) is 13.1. The molecule has 0 atom stereocenters. The van der Waals surface area contributed by atoms with E-state index in [1.807, 2.05) is 0 Å². The number of ether oxygens (including phenoxy) is 1. The molecule has 3 aromatic heterocycles. The molecule has 0 unspecified atom stereocenters.